The smallest absolute Gasteiger partial charge is 0.338 e. The molecule has 20 heavy (non-hydrogen) atoms. The summed E-state index contributed by atoms with van der Waals surface area (Å²) in [6, 6.07) is 6.42. The van der Waals surface area contributed by atoms with Crippen LogP contribution < -0.4 is 10.9 Å². The fourth-order valence-corrected chi connectivity index (χ4v) is 2.41. The number of carbonyl (C=O) groups excluding carboxylic acids is 2. The summed E-state index contributed by atoms with van der Waals surface area (Å²) in [5, 5.41) is 0.513. The number of esters is 1. The van der Waals surface area contributed by atoms with E-state index in [4.69, 9.17) is 0 Å². The molecule has 1 saturated heterocycles. The molecule has 1 amide bonds. The highest BCUT2D eigenvalue weighted by Gasteiger charge is 2.23. The second-order valence-corrected chi connectivity index (χ2v) is 5.16. The number of benzene rings is 1. The van der Waals surface area contributed by atoms with Gasteiger partial charge < -0.3 is 4.74 Å². The van der Waals surface area contributed by atoms with Crippen molar-refractivity contribution in [1.82, 2.24) is 10.9 Å². The molecular formula is C13H14N3O3S. The Hall–Kier alpha value is -1.86. The van der Waals surface area contributed by atoms with Crippen molar-refractivity contribution < 1.29 is 14.3 Å². The van der Waals surface area contributed by atoms with Gasteiger partial charge in [0.15, 0.2) is 0 Å². The van der Waals surface area contributed by atoms with Gasteiger partial charge in [-0.05, 0) is 18.6 Å². The molecule has 1 radical (unpaired) electrons. The van der Waals surface area contributed by atoms with Crippen LogP contribution in [0.15, 0.2) is 29.3 Å². The SMILES string of the molecule is CCC1N[N]C(=NC(=O)c2ccccc2C(=O)OC)S1. The van der Waals surface area contributed by atoms with Crippen LogP contribution in [-0.4, -0.2) is 29.5 Å². The van der Waals surface area contributed by atoms with Gasteiger partial charge in [0.25, 0.3) is 5.91 Å². The van der Waals surface area contributed by atoms with Gasteiger partial charge in [-0.3, -0.25) is 4.79 Å². The molecule has 1 aliphatic heterocycles. The van der Waals surface area contributed by atoms with E-state index < -0.39 is 11.9 Å². The molecule has 1 atom stereocenters. The Morgan fingerprint density at radius 2 is 2.10 bits per heavy atom. The molecule has 2 rings (SSSR count). The normalized spacial score (nSPS) is 19.7. The zero-order valence-corrected chi connectivity index (χ0v) is 11.9. The van der Waals surface area contributed by atoms with Crippen LogP contribution >= 0.6 is 11.8 Å². The number of amides is 1. The third-order valence-corrected chi connectivity index (χ3v) is 3.80. The highest BCUT2D eigenvalue weighted by atomic mass is 32.2. The van der Waals surface area contributed by atoms with Gasteiger partial charge in [-0.15, -0.1) is 0 Å². The van der Waals surface area contributed by atoms with E-state index in [0.29, 0.717) is 5.17 Å². The van der Waals surface area contributed by atoms with Gasteiger partial charge in [0.1, 0.15) is 0 Å². The monoisotopic (exact) mass is 292 g/mol. The van der Waals surface area contributed by atoms with Gasteiger partial charge in [-0.25, -0.2) is 4.79 Å². The maximum absolute atomic E-state index is 12.1. The van der Waals surface area contributed by atoms with Crippen molar-refractivity contribution in [3.63, 3.8) is 0 Å². The van der Waals surface area contributed by atoms with E-state index in [-0.39, 0.29) is 16.5 Å². The van der Waals surface area contributed by atoms with E-state index in [1.807, 2.05) is 6.92 Å². The molecule has 0 aliphatic carbocycles. The van der Waals surface area contributed by atoms with Crippen molar-refractivity contribution in [2.24, 2.45) is 4.99 Å². The maximum atomic E-state index is 12.1. The van der Waals surface area contributed by atoms with E-state index in [1.165, 1.54) is 24.9 Å². The lowest BCUT2D eigenvalue weighted by molar-refractivity contribution is 0.0597. The first-order valence-corrected chi connectivity index (χ1v) is 6.97. The third kappa shape index (κ3) is 3.17. The molecule has 1 aromatic rings. The zero-order valence-electron chi connectivity index (χ0n) is 11.1. The van der Waals surface area contributed by atoms with Crippen LogP contribution in [0.2, 0.25) is 0 Å². The van der Waals surface area contributed by atoms with E-state index in [2.05, 4.69) is 20.6 Å². The number of hydrogen-bond acceptors (Lipinski definition) is 5. The van der Waals surface area contributed by atoms with Crippen LogP contribution in [0, 0.1) is 0 Å². The second-order valence-electron chi connectivity index (χ2n) is 3.99. The van der Waals surface area contributed by atoms with Crippen LogP contribution in [-0.2, 0) is 4.74 Å². The maximum Gasteiger partial charge on any atom is 0.338 e. The minimum atomic E-state index is -0.560. The first kappa shape index (κ1) is 14.5. The van der Waals surface area contributed by atoms with Crippen molar-refractivity contribution in [3.05, 3.63) is 35.4 Å². The van der Waals surface area contributed by atoms with Gasteiger partial charge in [0.2, 0.25) is 5.17 Å². The molecule has 1 N–H and O–H groups in total. The Balaban J connectivity index is 2.22. The Labute approximate surface area is 121 Å². The summed E-state index contributed by atoms with van der Waals surface area (Å²) in [6.45, 7) is 2.01. The molecule has 6 nitrogen and oxygen atoms in total. The van der Waals surface area contributed by atoms with Crippen LogP contribution in [0.25, 0.3) is 0 Å². The molecule has 1 aromatic carbocycles. The van der Waals surface area contributed by atoms with Crippen molar-refractivity contribution in [2.75, 3.05) is 7.11 Å². The second kappa shape index (κ2) is 6.53. The number of carbonyl (C=O) groups is 2. The lowest BCUT2D eigenvalue weighted by Crippen LogP contribution is -2.24. The van der Waals surface area contributed by atoms with Crippen LogP contribution in [0.4, 0.5) is 0 Å². The number of rotatable bonds is 3. The number of thioether (sulfide) groups is 1. The summed E-state index contributed by atoms with van der Waals surface area (Å²) in [7, 11) is 1.27. The first-order valence-electron chi connectivity index (χ1n) is 6.09. The third-order valence-electron chi connectivity index (χ3n) is 2.68. The van der Waals surface area contributed by atoms with Crippen molar-refractivity contribution >= 4 is 28.8 Å². The predicted octanol–water partition coefficient (Wildman–Crippen LogP) is 1.56. The minimum Gasteiger partial charge on any atom is -0.465 e. The van der Waals surface area contributed by atoms with Crippen LogP contribution in [0.5, 0.6) is 0 Å². The summed E-state index contributed by atoms with van der Waals surface area (Å²) in [6.07, 6.45) is 0.875. The average molecular weight is 292 g/mol. The fourth-order valence-electron chi connectivity index (χ4n) is 1.64. The van der Waals surface area contributed by atoms with E-state index in [1.54, 1.807) is 18.2 Å². The standard InChI is InChI=1S/C13H14N3O3S/c1-3-10-15-16-13(20-10)14-11(17)8-6-4-5-7-9(8)12(18)19-2/h4-7,10,15H,3H2,1-2H3. The Morgan fingerprint density at radius 3 is 2.70 bits per heavy atom. The molecule has 0 spiro atoms. The van der Waals surface area contributed by atoms with E-state index in [0.717, 1.165) is 6.42 Å². The Kier molecular flexibility index (Phi) is 4.75. The van der Waals surface area contributed by atoms with Gasteiger partial charge in [0, 0.05) is 0 Å². The molecule has 1 unspecified atom stereocenters. The van der Waals surface area contributed by atoms with Crippen molar-refractivity contribution in [1.29, 1.82) is 0 Å². The van der Waals surface area contributed by atoms with Crippen LogP contribution in [0.1, 0.15) is 34.1 Å². The molecule has 1 aliphatic rings. The van der Waals surface area contributed by atoms with Crippen molar-refractivity contribution in [3.8, 4) is 0 Å². The summed E-state index contributed by atoms with van der Waals surface area (Å²) < 4.78 is 4.65. The number of methoxy groups -OCH3 is 1. The molecule has 1 heterocycles. The van der Waals surface area contributed by atoms with Gasteiger partial charge >= 0.3 is 5.97 Å². The number of nitrogens with zero attached hydrogens (tertiary/aromatic N) is 2. The number of hydrogen-bond donors (Lipinski definition) is 1. The number of amidine groups is 1. The van der Waals surface area contributed by atoms with Gasteiger partial charge in [-0.2, -0.15) is 15.8 Å². The highest BCUT2D eigenvalue weighted by molar-refractivity contribution is 8.14. The lowest BCUT2D eigenvalue weighted by Gasteiger charge is -2.04. The molecular weight excluding hydrogens is 278 g/mol. The predicted molar refractivity (Wildman–Crippen MR) is 76.5 cm³/mol. The number of aliphatic imine (C=N–C) groups is 1. The Morgan fingerprint density at radius 1 is 1.40 bits per heavy atom. The molecule has 1 fully saturated rings. The van der Waals surface area contributed by atoms with Gasteiger partial charge in [0.05, 0.1) is 23.6 Å². The zero-order chi connectivity index (χ0) is 14.5. The first-order chi connectivity index (χ1) is 9.65. The molecule has 0 saturated carbocycles. The lowest BCUT2D eigenvalue weighted by atomic mass is 10.1. The average Bonchev–Trinajstić information content (AvgIpc) is 2.94. The summed E-state index contributed by atoms with van der Waals surface area (Å²) in [4.78, 5) is 27.7. The summed E-state index contributed by atoms with van der Waals surface area (Å²) in [5.41, 5.74) is 7.26. The number of nitrogens with one attached hydrogen (secondary N) is 1. The van der Waals surface area contributed by atoms with E-state index >= 15 is 0 Å². The number of ether oxygens (including phenoxy) is 1. The summed E-state index contributed by atoms with van der Waals surface area (Å²) in [5.74, 6) is -1.06. The molecule has 0 bridgehead atoms. The Bertz CT molecular complexity index is 560. The largest absolute Gasteiger partial charge is 0.465 e. The minimum absolute atomic E-state index is 0.136. The van der Waals surface area contributed by atoms with Crippen molar-refractivity contribution in [2.45, 2.75) is 18.7 Å². The topological polar surface area (TPSA) is 81.9 Å². The molecule has 105 valence electrons. The quantitative estimate of drug-likeness (QED) is 0.855. The van der Waals surface area contributed by atoms with Crippen LogP contribution in [0.3, 0.4) is 0 Å². The van der Waals surface area contributed by atoms with E-state index in [9.17, 15) is 9.59 Å². The molecule has 0 aromatic heterocycles. The van der Waals surface area contributed by atoms with Gasteiger partial charge in [-0.1, -0.05) is 30.8 Å². The summed E-state index contributed by atoms with van der Waals surface area (Å²) >= 11 is 1.39. The highest BCUT2D eigenvalue weighted by Crippen LogP contribution is 2.19. The fraction of sp³-hybridized carbons (Fsp3) is 0.308. The molecule has 7 heteroatoms.